The molecule has 0 spiro atoms. The predicted molar refractivity (Wildman–Crippen MR) is 117 cm³/mol. The van der Waals surface area contributed by atoms with E-state index < -0.39 is 5.60 Å². The lowest BCUT2D eigenvalue weighted by Crippen LogP contribution is -2.33. The minimum absolute atomic E-state index is 0.211. The Morgan fingerprint density at radius 3 is 2.60 bits per heavy atom. The Hall–Kier alpha value is -1.92. The summed E-state index contributed by atoms with van der Waals surface area (Å²) >= 11 is 1.20. The number of rotatable bonds is 3. The van der Waals surface area contributed by atoms with Crippen LogP contribution in [-0.4, -0.2) is 11.1 Å². The molecule has 5 nitrogen and oxygen atoms in total. The Bertz CT molecular complexity index is 1010. The monoisotopic (exact) mass is 424 g/mol. The Kier molecular flexibility index (Phi) is 4.26. The zero-order valence-corrected chi connectivity index (χ0v) is 18.2. The third-order valence-electron chi connectivity index (χ3n) is 7.84. The van der Waals surface area contributed by atoms with Crippen molar-refractivity contribution in [3.05, 3.63) is 45.7 Å². The average molecular weight is 425 g/mol. The Labute approximate surface area is 181 Å². The fourth-order valence-electron chi connectivity index (χ4n) is 6.28. The number of aliphatic hydroxyl groups is 1. The summed E-state index contributed by atoms with van der Waals surface area (Å²) in [7, 11) is 0. The van der Waals surface area contributed by atoms with E-state index in [4.69, 9.17) is 4.42 Å². The quantitative estimate of drug-likeness (QED) is 0.593. The number of carbonyl (C=O) groups is 1. The molecule has 2 aromatic rings. The maximum Gasteiger partial charge on any atom is 0.329 e. The van der Waals surface area contributed by atoms with Crippen LogP contribution in [0.5, 0.6) is 0 Å². The van der Waals surface area contributed by atoms with Crippen molar-refractivity contribution in [2.75, 3.05) is 5.32 Å². The van der Waals surface area contributed by atoms with Gasteiger partial charge in [0.2, 0.25) is 0 Å². The summed E-state index contributed by atoms with van der Waals surface area (Å²) < 4.78 is 8.98. The van der Waals surface area contributed by atoms with Gasteiger partial charge in [-0.1, -0.05) is 6.07 Å². The fourth-order valence-corrected chi connectivity index (χ4v) is 6.84. The van der Waals surface area contributed by atoms with Crippen LogP contribution in [0.4, 0.5) is 10.5 Å². The summed E-state index contributed by atoms with van der Waals surface area (Å²) in [6.45, 7) is 1.90. The van der Waals surface area contributed by atoms with Gasteiger partial charge in [-0.25, -0.2) is 4.79 Å². The number of urea groups is 1. The number of anilines is 1. The molecule has 3 unspecified atom stereocenters. The first-order valence-corrected chi connectivity index (χ1v) is 12.1. The van der Waals surface area contributed by atoms with Gasteiger partial charge in [0.25, 0.3) is 0 Å². The molecule has 6 rings (SSSR count). The van der Waals surface area contributed by atoms with E-state index in [1.807, 2.05) is 13.0 Å². The molecule has 4 aliphatic carbocycles. The van der Waals surface area contributed by atoms with Gasteiger partial charge in [0.05, 0.1) is 5.60 Å². The zero-order chi connectivity index (χ0) is 20.5. The number of fused-ring (bicyclic) bond motifs is 6. The molecule has 6 heteroatoms. The van der Waals surface area contributed by atoms with Gasteiger partial charge in [0, 0.05) is 29.1 Å². The summed E-state index contributed by atoms with van der Waals surface area (Å²) in [6.07, 6.45) is 9.80. The van der Waals surface area contributed by atoms with Crippen molar-refractivity contribution >= 4 is 23.7 Å². The standard InChI is InChI=1S/C24H28N2O3S/c1-24(28)16-9-8-15(11-16)22-19(24)12-20(29-22)30-26-23(27)25-21-17-6-2-4-13(17)10-14-5-3-7-18(14)21/h10,12,15-16,28H,2-9,11H2,1H3,(H2,25,26,27). The average Bonchev–Trinajstić information content (AvgIpc) is 3.50. The molecule has 2 bridgehead atoms. The smallest absolute Gasteiger partial charge is 0.329 e. The van der Waals surface area contributed by atoms with Gasteiger partial charge in [0.15, 0.2) is 5.09 Å². The number of aryl methyl sites for hydroxylation is 2. The summed E-state index contributed by atoms with van der Waals surface area (Å²) in [4.78, 5) is 12.7. The number of furan rings is 1. The van der Waals surface area contributed by atoms with E-state index in [1.54, 1.807) is 0 Å². The molecule has 0 saturated heterocycles. The fraction of sp³-hybridized carbons (Fsp3) is 0.542. The van der Waals surface area contributed by atoms with Crippen LogP contribution >= 0.6 is 11.9 Å². The summed E-state index contributed by atoms with van der Waals surface area (Å²) in [5.41, 5.74) is 6.61. The molecule has 158 valence electrons. The zero-order valence-electron chi connectivity index (χ0n) is 17.3. The SMILES string of the molecule is CC1(O)c2cc(SNC(=O)Nc3c4c(cc5c3CCC5)CCC4)oc2C2CCC1C2. The second-order valence-electron chi connectivity index (χ2n) is 9.59. The van der Waals surface area contributed by atoms with Crippen molar-refractivity contribution in [1.29, 1.82) is 0 Å². The number of benzene rings is 1. The van der Waals surface area contributed by atoms with Crippen molar-refractivity contribution in [2.45, 2.75) is 81.3 Å². The molecule has 4 aliphatic rings. The van der Waals surface area contributed by atoms with Crippen LogP contribution in [0.2, 0.25) is 0 Å². The van der Waals surface area contributed by atoms with Crippen molar-refractivity contribution in [3.8, 4) is 0 Å². The molecule has 1 fully saturated rings. The van der Waals surface area contributed by atoms with Crippen molar-refractivity contribution in [2.24, 2.45) is 5.92 Å². The van der Waals surface area contributed by atoms with E-state index in [9.17, 15) is 9.90 Å². The first-order chi connectivity index (χ1) is 14.5. The first-order valence-electron chi connectivity index (χ1n) is 11.3. The lowest BCUT2D eigenvalue weighted by molar-refractivity contribution is -0.0115. The van der Waals surface area contributed by atoms with Gasteiger partial charge in [0.1, 0.15) is 5.76 Å². The van der Waals surface area contributed by atoms with Crippen LogP contribution in [0.3, 0.4) is 0 Å². The highest BCUT2D eigenvalue weighted by atomic mass is 32.2. The Morgan fingerprint density at radius 1 is 1.13 bits per heavy atom. The molecule has 1 aromatic heterocycles. The minimum atomic E-state index is -0.835. The highest BCUT2D eigenvalue weighted by molar-refractivity contribution is 7.97. The Balaban J connectivity index is 1.19. The third kappa shape index (κ3) is 2.83. The topological polar surface area (TPSA) is 74.5 Å². The lowest BCUT2D eigenvalue weighted by atomic mass is 9.76. The normalized spacial score (nSPS) is 28.2. The van der Waals surface area contributed by atoms with Gasteiger partial charge in [-0.3, -0.25) is 4.72 Å². The highest BCUT2D eigenvalue weighted by Crippen LogP contribution is 2.55. The first kappa shape index (κ1) is 18.8. The molecule has 1 aromatic carbocycles. The summed E-state index contributed by atoms with van der Waals surface area (Å²) in [6, 6.07) is 4.08. The molecule has 0 aliphatic heterocycles. The number of amides is 2. The molecule has 1 saturated carbocycles. The van der Waals surface area contributed by atoms with Gasteiger partial charge < -0.3 is 14.8 Å². The van der Waals surface area contributed by atoms with E-state index in [1.165, 1.54) is 47.0 Å². The lowest BCUT2D eigenvalue weighted by Gasteiger charge is -2.33. The van der Waals surface area contributed by atoms with E-state index in [2.05, 4.69) is 16.1 Å². The van der Waals surface area contributed by atoms with Crippen LogP contribution in [0, 0.1) is 5.92 Å². The van der Waals surface area contributed by atoms with E-state index in [0.29, 0.717) is 16.9 Å². The molecule has 3 atom stereocenters. The predicted octanol–water partition coefficient (Wildman–Crippen LogP) is 5.19. The molecule has 30 heavy (non-hydrogen) atoms. The van der Waals surface area contributed by atoms with Crippen LogP contribution in [0.1, 0.15) is 78.5 Å². The number of nitrogens with one attached hydrogen (secondary N) is 2. The Morgan fingerprint density at radius 2 is 1.87 bits per heavy atom. The molecule has 1 heterocycles. The third-order valence-corrected chi connectivity index (χ3v) is 8.53. The van der Waals surface area contributed by atoms with E-state index in [-0.39, 0.29) is 6.03 Å². The van der Waals surface area contributed by atoms with E-state index >= 15 is 0 Å². The number of carbonyl (C=O) groups excluding carboxylic acids is 1. The number of hydrogen-bond donors (Lipinski definition) is 3. The number of hydrogen-bond acceptors (Lipinski definition) is 4. The maximum absolute atomic E-state index is 12.7. The minimum Gasteiger partial charge on any atom is -0.452 e. The highest BCUT2D eigenvalue weighted by Gasteiger charge is 2.48. The van der Waals surface area contributed by atoms with Gasteiger partial charge in [-0.2, -0.15) is 0 Å². The molecule has 3 N–H and O–H groups in total. The summed E-state index contributed by atoms with van der Waals surface area (Å²) in [5.74, 6) is 1.63. The largest absolute Gasteiger partial charge is 0.452 e. The van der Waals surface area contributed by atoms with Crippen LogP contribution in [0.25, 0.3) is 0 Å². The second kappa shape index (κ2) is 6.79. The van der Waals surface area contributed by atoms with Crippen molar-refractivity contribution < 1.29 is 14.3 Å². The van der Waals surface area contributed by atoms with Gasteiger partial charge >= 0.3 is 6.03 Å². The van der Waals surface area contributed by atoms with Gasteiger partial charge in [-0.15, -0.1) is 0 Å². The van der Waals surface area contributed by atoms with Crippen molar-refractivity contribution in [1.82, 2.24) is 4.72 Å². The molecular weight excluding hydrogens is 396 g/mol. The van der Waals surface area contributed by atoms with Crippen molar-refractivity contribution in [3.63, 3.8) is 0 Å². The second-order valence-corrected chi connectivity index (χ2v) is 10.4. The van der Waals surface area contributed by atoms with Crippen LogP contribution in [-0.2, 0) is 31.3 Å². The maximum atomic E-state index is 12.7. The molecule has 0 radical (unpaired) electrons. The molecule has 2 amide bonds. The molecular formula is C24H28N2O3S. The summed E-state index contributed by atoms with van der Waals surface area (Å²) in [5, 5.41) is 14.8. The van der Waals surface area contributed by atoms with Crippen LogP contribution in [0.15, 0.2) is 21.6 Å². The van der Waals surface area contributed by atoms with E-state index in [0.717, 1.165) is 62.0 Å². The van der Waals surface area contributed by atoms with Gasteiger partial charge in [-0.05, 0) is 98.9 Å². The van der Waals surface area contributed by atoms with Crippen LogP contribution < -0.4 is 10.0 Å².